The molecule has 1 atom stereocenters. The lowest BCUT2D eigenvalue weighted by Gasteiger charge is -2.17. The first kappa shape index (κ1) is 22.1. The molecule has 4 heterocycles. The number of nitrogen functional groups attached to an aromatic ring is 1. The molecule has 0 bridgehead atoms. The number of methoxy groups -OCH3 is 1. The van der Waals surface area contributed by atoms with Crippen molar-refractivity contribution < 1.29 is 18.7 Å². The number of primary amides is 1. The number of hydrogen-bond donors (Lipinski definition) is 2. The van der Waals surface area contributed by atoms with Crippen molar-refractivity contribution in [2.24, 2.45) is 11.7 Å². The second-order valence-corrected chi connectivity index (χ2v) is 9.03. The highest BCUT2D eigenvalue weighted by Crippen LogP contribution is 2.41. The largest absolute Gasteiger partial charge is 0.496 e. The number of carbonyl (C=O) groups is 1. The standard InChI is InChI=1S/C25H29N5O4/c1-13-5-6-17(32-4)14(2)20(13)30-22(26)19(23(27)31)18-21-16(8-10-33-21)25(28-24(18)30)34-12-15-7-9-29(3)11-15/h5-6,8,10,15H,7,9,11-12,26H2,1-4H3,(H2,27,31)/t15-/m0/s1. The van der Waals surface area contributed by atoms with Crippen molar-refractivity contribution >= 4 is 33.7 Å². The highest BCUT2D eigenvalue weighted by atomic mass is 16.5. The van der Waals surface area contributed by atoms with Crippen LogP contribution in [0.25, 0.3) is 27.7 Å². The number of likely N-dealkylation sites (tertiary alicyclic amines) is 1. The topological polar surface area (TPSA) is 122 Å². The Labute approximate surface area is 197 Å². The fourth-order valence-electron chi connectivity index (χ4n) is 5.05. The smallest absolute Gasteiger partial charge is 0.253 e. The Kier molecular flexibility index (Phi) is 5.36. The maximum absolute atomic E-state index is 12.6. The quantitative estimate of drug-likeness (QED) is 0.449. The number of ether oxygens (including phenoxy) is 2. The molecular weight excluding hydrogens is 434 g/mol. The van der Waals surface area contributed by atoms with Crippen molar-refractivity contribution in [3.05, 3.63) is 41.2 Å². The van der Waals surface area contributed by atoms with E-state index in [9.17, 15) is 4.79 Å². The summed E-state index contributed by atoms with van der Waals surface area (Å²) in [5.41, 5.74) is 16.0. The minimum atomic E-state index is -0.651. The van der Waals surface area contributed by atoms with Crippen molar-refractivity contribution in [3.8, 4) is 17.3 Å². The number of nitrogens with two attached hydrogens (primary N) is 2. The van der Waals surface area contributed by atoms with Crippen LogP contribution in [0, 0.1) is 19.8 Å². The fraction of sp³-hybridized carbons (Fsp3) is 0.360. The van der Waals surface area contributed by atoms with E-state index >= 15 is 0 Å². The molecule has 1 fully saturated rings. The molecule has 34 heavy (non-hydrogen) atoms. The lowest BCUT2D eigenvalue weighted by molar-refractivity contribution is 0.100. The summed E-state index contributed by atoms with van der Waals surface area (Å²) in [5, 5.41) is 1.15. The molecule has 9 nitrogen and oxygen atoms in total. The number of benzene rings is 1. The van der Waals surface area contributed by atoms with Crippen LogP contribution in [-0.4, -0.2) is 54.2 Å². The van der Waals surface area contributed by atoms with Crippen LogP contribution < -0.4 is 20.9 Å². The zero-order valence-electron chi connectivity index (χ0n) is 19.8. The third kappa shape index (κ3) is 3.35. The summed E-state index contributed by atoms with van der Waals surface area (Å²) in [7, 11) is 3.73. The van der Waals surface area contributed by atoms with Crippen molar-refractivity contribution in [3.63, 3.8) is 0 Å². The minimum Gasteiger partial charge on any atom is -0.496 e. The molecule has 9 heteroatoms. The lowest BCUT2D eigenvalue weighted by Crippen LogP contribution is -2.18. The maximum Gasteiger partial charge on any atom is 0.253 e. The van der Waals surface area contributed by atoms with E-state index in [0.717, 1.165) is 36.3 Å². The van der Waals surface area contributed by atoms with Gasteiger partial charge in [-0.25, -0.2) is 0 Å². The van der Waals surface area contributed by atoms with E-state index in [1.54, 1.807) is 24.0 Å². The van der Waals surface area contributed by atoms with Gasteiger partial charge in [0, 0.05) is 18.0 Å². The molecule has 4 aromatic rings. The molecule has 178 valence electrons. The number of aromatic nitrogens is 2. The zero-order chi connectivity index (χ0) is 24.1. The van der Waals surface area contributed by atoms with Crippen molar-refractivity contribution in [1.82, 2.24) is 14.5 Å². The molecule has 3 aromatic heterocycles. The molecule has 4 N–H and O–H groups in total. The Morgan fingerprint density at radius 2 is 2.09 bits per heavy atom. The second-order valence-electron chi connectivity index (χ2n) is 9.03. The molecular formula is C25H29N5O4. The minimum absolute atomic E-state index is 0.174. The number of aryl methyl sites for hydroxylation is 1. The van der Waals surface area contributed by atoms with Crippen molar-refractivity contribution in [2.45, 2.75) is 20.3 Å². The van der Waals surface area contributed by atoms with Gasteiger partial charge in [0.05, 0.1) is 42.0 Å². The third-order valence-corrected chi connectivity index (χ3v) is 6.73. The van der Waals surface area contributed by atoms with Crippen LogP contribution >= 0.6 is 0 Å². The second kappa shape index (κ2) is 8.25. The van der Waals surface area contributed by atoms with Gasteiger partial charge in [0.2, 0.25) is 5.88 Å². The van der Waals surface area contributed by atoms with E-state index in [-0.39, 0.29) is 11.4 Å². The number of anilines is 1. The molecule has 0 saturated carbocycles. The summed E-state index contributed by atoms with van der Waals surface area (Å²) < 4.78 is 19.4. The Bertz CT molecular complexity index is 1420. The van der Waals surface area contributed by atoms with Gasteiger partial charge in [-0.1, -0.05) is 6.07 Å². The van der Waals surface area contributed by atoms with E-state index in [1.165, 1.54) is 0 Å². The van der Waals surface area contributed by atoms with Crippen LogP contribution in [0.3, 0.4) is 0 Å². The van der Waals surface area contributed by atoms with E-state index in [1.807, 2.05) is 26.0 Å². The van der Waals surface area contributed by atoms with E-state index in [0.29, 0.717) is 46.2 Å². The third-order valence-electron chi connectivity index (χ3n) is 6.73. The predicted molar refractivity (Wildman–Crippen MR) is 131 cm³/mol. The average Bonchev–Trinajstić information content (AvgIpc) is 3.50. The molecule has 1 aliphatic heterocycles. The molecule has 0 aliphatic carbocycles. The molecule has 5 rings (SSSR count). The monoisotopic (exact) mass is 463 g/mol. The Morgan fingerprint density at radius 3 is 2.76 bits per heavy atom. The van der Waals surface area contributed by atoms with Crippen molar-refractivity contribution in [2.75, 3.05) is 39.6 Å². The molecule has 0 radical (unpaired) electrons. The van der Waals surface area contributed by atoms with Gasteiger partial charge in [0.1, 0.15) is 11.6 Å². The highest BCUT2D eigenvalue weighted by molar-refractivity contribution is 6.19. The van der Waals surface area contributed by atoms with Crippen LogP contribution in [0.1, 0.15) is 27.9 Å². The van der Waals surface area contributed by atoms with Gasteiger partial charge in [0.25, 0.3) is 5.91 Å². The first-order valence-electron chi connectivity index (χ1n) is 11.3. The summed E-state index contributed by atoms with van der Waals surface area (Å²) in [4.78, 5) is 19.7. The SMILES string of the molecule is COc1ccc(C)c(-n2c(N)c(C(N)=O)c3c4occc4c(OC[C@H]4CCN(C)C4)nc32)c1C. The highest BCUT2D eigenvalue weighted by Gasteiger charge is 2.29. The van der Waals surface area contributed by atoms with Crippen LogP contribution in [-0.2, 0) is 0 Å². The van der Waals surface area contributed by atoms with Crippen molar-refractivity contribution in [1.29, 1.82) is 0 Å². The number of furan rings is 1. The van der Waals surface area contributed by atoms with Crippen LogP contribution in [0.4, 0.5) is 5.82 Å². The normalized spacial score (nSPS) is 16.5. The summed E-state index contributed by atoms with van der Waals surface area (Å²) in [5.74, 6) is 1.11. The molecule has 1 aliphatic rings. The Morgan fingerprint density at radius 1 is 1.29 bits per heavy atom. The predicted octanol–water partition coefficient (Wildman–Crippen LogP) is 3.41. The fourth-order valence-corrected chi connectivity index (χ4v) is 5.05. The Hall–Kier alpha value is -3.72. The maximum atomic E-state index is 12.6. The van der Waals surface area contributed by atoms with Gasteiger partial charge in [-0.15, -0.1) is 0 Å². The number of pyridine rings is 1. The van der Waals surface area contributed by atoms with E-state index in [4.69, 9.17) is 30.3 Å². The van der Waals surface area contributed by atoms with Gasteiger partial charge in [-0.05, 0) is 51.6 Å². The number of amides is 1. The molecule has 1 saturated heterocycles. The number of fused-ring (bicyclic) bond motifs is 3. The number of hydrogen-bond acceptors (Lipinski definition) is 7. The summed E-state index contributed by atoms with van der Waals surface area (Å²) in [6.45, 7) is 6.48. The molecule has 1 aromatic carbocycles. The van der Waals surface area contributed by atoms with Gasteiger partial charge in [0.15, 0.2) is 11.2 Å². The van der Waals surface area contributed by atoms with Crippen LogP contribution in [0.15, 0.2) is 28.9 Å². The van der Waals surface area contributed by atoms with E-state index < -0.39 is 5.91 Å². The molecule has 0 spiro atoms. The lowest BCUT2D eigenvalue weighted by atomic mass is 10.1. The van der Waals surface area contributed by atoms with Crippen LogP contribution in [0.2, 0.25) is 0 Å². The molecule has 1 amide bonds. The number of nitrogens with zero attached hydrogens (tertiary/aromatic N) is 3. The van der Waals surface area contributed by atoms with Gasteiger partial charge >= 0.3 is 0 Å². The first-order valence-corrected chi connectivity index (χ1v) is 11.3. The van der Waals surface area contributed by atoms with Gasteiger partial charge in [-0.3, -0.25) is 9.36 Å². The zero-order valence-corrected chi connectivity index (χ0v) is 19.8. The summed E-state index contributed by atoms with van der Waals surface area (Å²) >= 11 is 0. The Balaban J connectivity index is 1.77. The average molecular weight is 464 g/mol. The van der Waals surface area contributed by atoms with Gasteiger partial charge in [-0.2, -0.15) is 4.98 Å². The van der Waals surface area contributed by atoms with Crippen LogP contribution in [0.5, 0.6) is 11.6 Å². The molecule has 0 unspecified atom stereocenters. The summed E-state index contributed by atoms with van der Waals surface area (Å²) in [6, 6.07) is 5.63. The summed E-state index contributed by atoms with van der Waals surface area (Å²) in [6.07, 6.45) is 2.63. The number of carbonyl (C=O) groups excluding carboxylic acids is 1. The van der Waals surface area contributed by atoms with E-state index in [2.05, 4.69) is 11.9 Å². The number of rotatable bonds is 6. The van der Waals surface area contributed by atoms with Gasteiger partial charge < -0.3 is 30.3 Å². The first-order chi connectivity index (χ1) is 16.3.